The second-order valence-corrected chi connectivity index (χ2v) is 9.07. The van der Waals surface area contributed by atoms with Crippen LogP contribution in [0, 0.1) is 12.7 Å². The van der Waals surface area contributed by atoms with Crippen LogP contribution in [0.4, 0.5) is 4.39 Å². The van der Waals surface area contributed by atoms with Crippen LogP contribution in [0.3, 0.4) is 0 Å². The van der Waals surface area contributed by atoms with E-state index in [0.717, 1.165) is 24.2 Å². The van der Waals surface area contributed by atoms with Gasteiger partial charge in [-0.25, -0.2) is 4.39 Å². The van der Waals surface area contributed by atoms with Crippen molar-refractivity contribution in [3.8, 4) is 11.5 Å². The van der Waals surface area contributed by atoms with E-state index in [1.54, 1.807) is 6.07 Å². The number of rotatable bonds is 6. The van der Waals surface area contributed by atoms with Crippen molar-refractivity contribution in [1.29, 1.82) is 0 Å². The number of halogens is 2. The van der Waals surface area contributed by atoms with E-state index < -0.39 is 12.2 Å². The SMILES string of the molecule is Cc1ccc2c(c1)CC[C@@H]([C@@H](O)CN(P)C[C@H](O)[C@H]1CCc3cc(F)ccc3O1)O2.Cl. The Morgan fingerprint density at radius 1 is 0.968 bits per heavy atom. The number of ether oxygens (including phenoxy) is 2. The Kier molecular flexibility index (Phi) is 8.17. The molecule has 0 bridgehead atoms. The molecule has 8 heteroatoms. The van der Waals surface area contributed by atoms with Crippen LogP contribution >= 0.6 is 21.8 Å². The predicted molar refractivity (Wildman–Crippen MR) is 124 cm³/mol. The zero-order valence-electron chi connectivity index (χ0n) is 17.5. The van der Waals surface area contributed by atoms with Crippen LogP contribution in [0.25, 0.3) is 0 Å². The molecule has 2 aromatic rings. The van der Waals surface area contributed by atoms with Crippen LogP contribution in [0.1, 0.15) is 29.5 Å². The third-order valence-electron chi connectivity index (χ3n) is 5.89. The van der Waals surface area contributed by atoms with Gasteiger partial charge >= 0.3 is 0 Å². The minimum atomic E-state index is -0.719. The Balaban J connectivity index is 0.00000272. The van der Waals surface area contributed by atoms with Gasteiger partial charge in [-0.2, -0.15) is 0 Å². The average molecular weight is 470 g/mol. The fraction of sp³-hybridized carbons (Fsp3) is 0.478. The molecule has 2 aliphatic rings. The van der Waals surface area contributed by atoms with E-state index >= 15 is 0 Å². The van der Waals surface area contributed by atoms with Crippen molar-refractivity contribution in [2.75, 3.05) is 13.1 Å². The quantitative estimate of drug-likeness (QED) is 0.634. The summed E-state index contributed by atoms with van der Waals surface area (Å²) in [4.78, 5) is 0. The molecule has 2 heterocycles. The number of aliphatic hydroxyl groups excluding tert-OH is 2. The summed E-state index contributed by atoms with van der Waals surface area (Å²) in [5, 5.41) is 21.3. The Morgan fingerprint density at radius 2 is 1.48 bits per heavy atom. The number of hydrogen-bond donors (Lipinski definition) is 2. The average Bonchev–Trinajstić information content (AvgIpc) is 2.72. The Labute approximate surface area is 191 Å². The van der Waals surface area contributed by atoms with Crippen molar-refractivity contribution < 1.29 is 24.1 Å². The zero-order chi connectivity index (χ0) is 21.3. The van der Waals surface area contributed by atoms with E-state index in [0.29, 0.717) is 31.7 Å². The van der Waals surface area contributed by atoms with E-state index in [1.807, 2.05) is 16.8 Å². The van der Waals surface area contributed by atoms with E-state index in [1.165, 1.54) is 23.3 Å². The Hall–Kier alpha value is -1.43. The summed E-state index contributed by atoms with van der Waals surface area (Å²) in [7, 11) is 2.57. The topological polar surface area (TPSA) is 62.2 Å². The second kappa shape index (κ2) is 10.5. The maximum atomic E-state index is 13.3. The molecule has 0 fully saturated rings. The van der Waals surface area contributed by atoms with Gasteiger partial charge in [0.2, 0.25) is 0 Å². The highest BCUT2D eigenvalue weighted by atomic mass is 35.5. The predicted octanol–water partition coefficient (Wildman–Crippen LogP) is 3.46. The molecular weight excluding hydrogens is 440 g/mol. The van der Waals surface area contributed by atoms with E-state index in [2.05, 4.69) is 22.4 Å². The van der Waals surface area contributed by atoms with Crippen LogP contribution in [-0.2, 0) is 12.8 Å². The van der Waals surface area contributed by atoms with Crippen LogP contribution < -0.4 is 9.47 Å². The lowest BCUT2D eigenvalue weighted by Gasteiger charge is -2.34. The molecule has 2 aromatic carbocycles. The summed E-state index contributed by atoms with van der Waals surface area (Å²) in [5.74, 6) is 1.20. The Bertz CT molecular complexity index is 830. The highest BCUT2D eigenvalue weighted by Gasteiger charge is 2.30. The molecule has 0 aromatic heterocycles. The monoisotopic (exact) mass is 469 g/mol. The molecule has 170 valence electrons. The number of nitrogens with zero attached hydrogens (tertiary/aromatic N) is 1. The molecule has 0 saturated carbocycles. The molecule has 0 amide bonds. The number of hydrogen-bond acceptors (Lipinski definition) is 5. The molecule has 5 atom stereocenters. The molecule has 4 rings (SSSR count). The molecule has 0 saturated heterocycles. The largest absolute Gasteiger partial charge is 0.487 e. The maximum absolute atomic E-state index is 13.3. The summed E-state index contributed by atoms with van der Waals surface area (Å²) in [6.45, 7) is 2.76. The van der Waals surface area contributed by atoms with E-state index in [-0.39, 0.29) is 30.4 Å². The fourth-order valence-corrected chi connectivity index (χ4v) is 4.68. The fourth-order valence-electron chi connectivity index (χ4n) is 4.25. The van der Waals surface area contributed by atoms with Gasteiger partial charge in [-0.05, 0) is 68.0 Å². The highest BCUT2D eigenvalue weighted by molar-refractivity contribution is 7.13. The summed E-state index contributed by atoms with van der Waals surface area (Å²) < 4.78 is 27.1. The van der Waals surface area contributed by atoms with Gasteiger partial charge in [-0.1, -0.05) is 27.1 Å². The molecule has 0 radical (unpaired) electrons. The third-order valence-corrected chi connectivity index (χ3v) is 6.31. The zero-order valence-corrected chi connectivity index (χ0v) is 19.5. The van der Waals surface area contributed by atoms with Gasteiger partial charge in [-0.15, -0.1) is 12.4 Å². The van der Waals surface area contributed by atoms with Gasteiger partial charge in [0.1, 0.15) is 41.7 Å². The number of benzene rings is 2. The number of aryl methyl sites for hydroxylation is 3. The van der Waals surface area contributed by atoms with Crippen LogP contribution in [0.2, 0.25) is 0 Å². The van der Waals surface area contributed by atoms with Crippen LogP contribution in [-0.4, -0.2) is 52.4 Å². The summed E-state index contributed by atoms with van der Waals surface area (Å²) in [6.07, 6.45) is 0.927. The molecule has 2 N–H and O–H groups in total. The smallest absolute Gasteiger partial charge is 0.126 e. The summed E-state index contributed by atoms with van der Waals surface area (Å²) in [6, 6.07) is 10.6. The standard InChI is InChI=1S/C23H29FNO4P.ClH/c1-14-2-6-20-15(10-14)3-7-22(28-20)18(26)12-25(30)13-19(27)23-8-4-16-11-17(24)5-9-21(16)29-23;/h2,5-6,9-11,18-19,22-23,26-27H,3-4,7-8,12-13,30H2,1H3;1H/t18-,19-,22-,23+;/m0./s1. The van der Waals surface area contributed by atoms with Gasteiger partial charge in [-0.3, -0.25) is 4.67 Å². The van der Waals surface area contributed by atoms with E-state index in [9.17, 15) is 14.6 Å². The second-order valence-electron chi connectivity index (χ2n) is 8.34. The van der Waals surface area contributed by atoms with Crippen molar-refractivity contribution in [3.63, 3.8) is 0 Å². The maximum Gasteiger partial charge on any atom is 0.126 e. The van der Waals surface area contributed by atoms with Gasteiger partial charge < -0.3 is 19.7 Å². The lowest BCUT2D eigenvalue weighted by atomic mass is 9.97. The van der Waals surface area contributed by atoms with Crippen molar-refractivity contribution in [2.24, 2.45) is 0 Å². The van der Waals surface area contributed by atoms with Gasteiger partial charge in [0.05, 0.1) is 0 Å². The molecule has 2 aliphatic heterocycles. The van der Waals surface area contributed by atoms with Gasteiger partial charge in [0, 0.05) is 13.1 Å². The summed E-state index contributed by atoms with van der Waals surface area (Å²) in [5.41, 5.74) is 3.23. The highest BCUT2D eigenvalue weighted by Crippen LogP contribution is 2.31. The first kappa shape index (κ1) is 24.2. The minimum Gasteiger partial charge on any atom is -0.487 e. The Morgan fingerprint density at radius 3 is 2.06 bits per heavy atom. The van der Waals surface area contributed by atoms with Crippen molar-refractivity contribution >= 4 is 21.8 Å². The first-order valence-corrected chi connectivity index (χ1v) is 11.0. The lowest BCUT2D eigenvalue weighted by molar-refractivity contribution is -0.00755. The van der Waals surface area contributed by atoms with Crippen LogP contribution in [0.15, 0.2) is 36.4 Å². The first-order valence-electron chi connectivity index (χ1n) is 10.5. The van der Waals surface area contributed by atoms with Crippen molar-refractivity contribution in [1.82, 2.24) is 4.67 Å². The van der Waals surface area contributed by atoms with Crippen molar-refractivity contribution in [3.05, 3.63) is 58.9 Å². The third kappa shape index (κ3) is 5.88. The number of aliphatic hydroxyl groups is 2. The van der Waals surface area contributed by atoms with Crippen molar-refractivity contribution in [2.45, 2.75) is 57.0 Å². The lowest BCUT2D eigenvalue weighted by Crippen LogP contribution is -2.45. The van der Waals surface area contributed by atoms with Crippen LogP contribution in [0.5, 0.6) is 11.5 Å². The van der Waals surface area contributed by atoms with E-state index in [4.69, 9.17) is 9.47 Å². The van der Waals surface area contributed by atoms with Gasteiger partial charge in [0.25, 0.3) is 0 Å². The number of fused-ring (bicyclic) bond motifs is 2. The molecule has 0 aliphatic carbocycles. The first-order chi connectivity index (χ1) is 14.4. The molecule has 5 nitrogen and oxygen atoms in total. The molecule has 31 heavy (non-hydrogen) atoms. The summed E-state index contributed by atoms with van der Waals surface area (Å²) >= 11 is 0. The van der Waals surface area contributed by atoms with Gasteiger partial charge in [0.15, 0.2) is 0 Å². The molecule has 0 spiro atoms. The minimum absolute atomic E-state index is 0. The normalized spacial score (nSPS) is 21.7. The molecular formula is C23H30ClFNO4P. The molecule has 1 unspecified atom stereocenters.